The van der Waals surface area contributed by atoms with Gasteiger partial charge in [-0.15, -0.1) is 0 Å². The molecular weight excluding hydrogens is 251 g/mol. The Balaban J connectivity index is 2.17. The molecule has 2 aromatic rings. The van der Waals surface area contributed by atoms with Gasteiger partial charge in [0.2, 0.25) is 0 Å². The van der Waals surface area contributed by atoms with Crippen LogP contribution >= 0.6 is 0 Å². The first-order valence-corrected chi connectivity index (χ1v) is 5.33. The molecule has 0 bridgehead atoms. The second kappa shape index (κ2) is 5.26. The van der Waals surface area contributed by atoms with Gasteiger partial charge in [0, 0.05) is 6.07 Å². The van der Waals surface area contributed by atoms with Gasteiger partial charge in [0.1, 0.15) is 6.20 Å². The number of hydrogen-bond donors (Lipinski definition) is 1. The van der Waals surface area contributed by atoms with Crippen molar-refractivity contribution in [3.63, 3.8) is 0 Å². The number of phenolic OH excluding ortho intramolecular Hbond substituents is 1. The van der Waals surface area contributed by atoms with E-state index in [4.69, 9.17) is 5.11 Å². The van der Waals surface area contributed by atoms with E-state index in [9.17, 15) is 14.5 Å². The number of aromatic nitrogens is 1. The van der Waals surface area contributed by atoms with Gasteiger partial charge in [-0.1, -0.05) is 12.1 Å². The Morgan fingerprint density at radius 2 is 2.05 bits per heavy atom. The molecule has 0 atom stereocenters. The van der Waals surface area contributed by atoms with Crippen LogP contribution in [0.1, 0.15) is 11.3 Å². The van der Waals surface area contributed by atoms with Crippen LogP contribution in [0, 0.1) is 15.9 Å². The maximum Gasteiger partial charge on any atom is 0.287 e. The van der Waals surface area contributed by atoms with Gasteiger partial charge < -0.3 is 5.11 Å². The van der Waals surface area contributed by atoms with Crippen molar-refractivity contribution < 1.29 is 14.4 Å². The zero-order valence-corrected chi connectivity index (χ0v) is 9.65. The first-order valence-electron chi connectivity index (χ1n) is 5.33. The lowest BCUT2D eigenvalue weighted by atomic mass is 10.2. The summed E-state index contributed by atoms with van der Waals surface area (Å²) in [6.45, 7) is 0. The minimum Gasteiger partial charge on any atom is -0.505 e. The molecule has 0 saturated carbocycles. The van der Waals surface area contributed by atoms with Gasteiger partial charge in [-0.25, -0.2) is 9.37 Å². The molecule has 1 heterocycles. The minimum atomic E-state index is -0.709. The summed E-state index contributed by atoms with van der Waals surface area (Å²) in [4.78, 5) is 13.8. The molecule has 1 aromatic carbocycles. The highest BCUT2D eigenvalue weighted by Crippen LogP contribution is 2.18. The molecular formula is C13H9FN2O3. The molecule has 6 heteroatoms. The van der Waals surface area contributed by atoms with Crippen molar-refractivity contribution in [3.8, 4) is 5.75 Å². The Kier molecular flexibility index (Phi) is 3.51. The van der Waals surface area contributed by atoms with E-state index in [2.05, 4.69) is 4.98 Å². The van der Waals surface area contributed by atoms with Crippen LogP contribution < -0.4 is 0 Å². The van der Waals surface area contributed by atoms with Gasteiger partial charge in [-0.05, 0) is 29.8 Å². The minimum absolute atomic E-state index is 0.0900. The predicted octanol–water partition coefficient (Wildman–Crippen LogP) is 3.00. The lowest BCUT2D eigenvalue weighted by molar-refractivity contribution is -0.385. The van der Waals surface area contributed by atoms with Crippen molar-refractivity contribution in [3.05, 3.63) is 63.7 Å². The van der Waals surface area contributed by atoms with Crippen LogP contribution in [0.2, 0.25) is 0 Å². The van der Waals surface area contributed by atoms with Crippen LogP contribution in [0.3, 0.4) is 0 Å². The smallest absolute Gasteiger partial charge is 0.287 e. The Morgan fingerprint density at radius 3 is 2.63 bits per heavy atom. The quantitative estimate of drug-likeness (QED) is 0.679. The summed E-state index contributed by atoms with van der Waals surface area (Å²) in [7, 11) is 0. The SMILES string of the molecule is O=[N+]([O-])c1ccc(/C=C/c2ccc(O)c(F)c2)nc1. The highest BCUT2D eigenvalue weighted by Gasteiger charge is 2.03. The van der Waals surface area contributed by atoms with Gasteiger partial charge in [-0.2, -0.15) is 0 Å². The summed E-state index contributed by atoms with van der Waals surface area (Å²) in [6, 6.07) is 6.80. The molecule has 1 N–H and O–H groups in total. The van der Waals surface area contributed by atoms with Crippen LogP contribution in [0.15, 0.2) is 36.5 Å². The lowest BCUT2D eigenvalue weighted by Crippen LogP contribution is -1.89. The first-order chi connectivity index (χ1) is 9.06. The van der Waals surface area contributed by atoms with E-state index >= 15 is 0 Å². The average molecular weight is 260 g/mol. The van der Waals surface area contributed by atoms with Crippen molar-refractivity contribution in [2.24, 2.45) is 0 Å². The fourth-order valence-electron chi connectivity index (χ4n) is 1.41. The molecule has 0 aliphatic carbocycles. The largest absolute Gasteiger partial charge is 0.505 e. The maximum atomic E-state index is 13.1. The van der Waals surface area contributed by atoms with Crippen molar-refractivity contribution in [1.82, 2.24) is 4.98 Å². The number of nitrogens with zero attached hydrogens (tertiary/aromatic N) is 2. The standard InChI is InChI=1S/C13H9FN2O3/c14-12-7-9(2-6-13(12)17)1-3-10-4-5-11(8-15-10)16(18)19/h1-8,17H/b3-1+. The number of nitro groups is 1. The van der Waals surface area contributed by atoms with Crippen molar-refractivity contribution >= 4 is 17.8 Å². The van der Waals surface area contributed by atoms with Crippen molar-refractivity contribution in [2.75, 3.05) is 0 Å². The van der Waals surface area contributed by atoms with E-state index < -0.39 is 16.5 Å². The Bertz CT molecular complexity index is 639. The third-order valence-electron chi connectivity index (χ3n) is 2.40. The number of halogens is 1. The van der Waals surface area contributed by atoms with Gasteiger partial charge in [0.25, 0.3) is 5.69 Å². The fraction of sp³-hybridized carbons (Fsp3) is 0. The second-order valence-electron chi connectivity index (χ2n) is 3.74. The summed E-state index contributed by atoms with van der Waals surface area (Å²) in [5, 5.41) is 19.5. The maximum absolute atomic E-state index is 13.1. The molecule has 0 amide bonds. The molecule has 1 aromatic heterocycles. The third kappa shape index (κ3) is 3.12. The van der Waals surface area contributed by atoms with E-state index in [0.29, 0.717) is 11.3 Å². The molecule has 0 aliphatic heterocycles. The van der Waals surface area contributed by atoms with Crippen molar-refractivity contribution in [1.29, 1.82) is 0 Å². The molecule has 0 radical (unpaired) electrons. The zero-order valence-electron chi connectivity index (χ0n) is 9.65. The third-order valence-corrected chi connectivity index (χ3v) is 2.40. The van der Waals surface area contributed by atoms with Crippen LogP contribution in [0.5, 0.6) is 5.75 Å². The zero-order chi connectivity index (χ0) is 13.8. The molecule has 0 saturated heterocycles. The number of benzene rings is 1. The van der Waals surface area contributed by atoms with Gasteiger partial charge in [0.05, 0.1) is 10.6 Å². The lowest BCUT2D eigenvalue weighted by Gasteiger charge is -1.97. The molecule has 2 rings (SSSR count). The molecule has 0 spiro atoms. The van der Waals surface area contributed by atoms with Gasteiger partial charge >= 0.3 is 0 Å². The normalized spacial score (nSPS) is 10.8. The first kappa shape index (κ1) is 12.7. The van der Waals surface area contributed by atoms with Crippen LogP contribution in [-0.4, -0.2) is 15.0 Å². The van der Waals surface area contributed by atoms with Crippen molar-refractivity contribution in [2.45, 2.75) is 0 Å². The Hall–Kier alpha value is -2.76. The summed E-state index contributed by atoms with van der Waals surface area (Å²) < 4.78 is 13.1. The molecule has 19 heavy (non-hydrogen) atoms. The second-order valence-corrected chi connectivity index (χ2v) is 3.74. The Labute approximate surface area is 107 Å². The predicted molar refractivity (Wildman–Crippen MR) is 67.9 cm³/mol. The van der Waals surface area contributed by atoms with Crippen LogP contribution in [0.4, 0.5) is 10.1 Å². The Morgan fingerprint density at radius 1 is 1.26 bits per heavy atom. The monoisotopic (exact) mass is 260 g/mol. The van der Waals surface area contributed by atoms with E-state index in [1.165, 1.54) is 24.3 Å². The molecule has 0 aliphatic rings. The highest BCUT2D eigenvalue weighted by molar-refractivity contribution is 5.68. The molecule has 5 nitrogen and oxygen atoms in total. The van der Waals surface area contributed by atoms with E-state index in [1.807, 2.05) is 0 Å². The van der Waals surface area contributed by atoms with E-state index in [1.54, 1.807) is 18.2 Å². The summed E-state index contributed by atoms with van der Waals surface area (Å²) >= 11 is 0. The highest BCUT2D eigenvalue weighted by atomic mass is 19.1. The van der Waals surface area contributed by atoms with Crippen LogP contribution in [-0.2, 0) is 0 Å². The number of aromatic hydroxyl groups is 1. The molecule has 0 fully saturated rings. The fourth-order valence-corrected chi connectivity index (χ4v) is 1.41. The number of phenols is 1. The topological polar surface area (TPSA) is 76.3 Å². The number of hydrogen-bond acceptors (Lipinski definition) is 4. The summed E-state index contributed by atoms with van der Waals surface area (Å²) in [5.74, 6) is -1.12. The van der Waals surface area contributed by atoms with E-state index in [-0.39, 0.29) is 5.69 Å². The molecule has 0 unspecified atom stereocenters. The number of pyridine rings is 1. The van der Waals surface area contributed by atoms with Gasteiger partial charge in [0.15, 0.2) is 11.6 Å². The number of rotatable bonds is 3. The average Bonchev–Trinajstić information content (AvgIpc) is 2.40. The van der Waals surface area contributed by atoms with E-state index in [0.717, 1.165) is 6.20 Å². The molecule has 96 valence electrons. The summed E-state index contributed by atoms with van der Waals surface area (Å²) in [6.07, 6.45) is 4.34. The van der Waals surface area contributed by atoms with Crippen LogP contribution in [0.25, 0.3) is 12.2 Å². The van der Waals surface area contributed by atoms with Gasteiger partial charge in [-0.3, -0.25) is 10.1 Å². The summed E-state index contributed by atoms with van der Waals surface area (Å²) in [5.41, 5.74) is 0.974.